The second kappa shape index (κ2) is 11.7. The standard InChI is InChI=1S/C24H35Br/c1-3-4-5-6-7-8-9-10-11-12-13-21-14-15-24-19-22(20(2)25)16-17-23(24)18-21/h14-20H,3-13H2,1-2H3. The van der Waals surface area contributed by atoms with E-state index in [0.29, 0.717) is 4.83 Å². The van der Waals surface area contributed by atoms with Gasteiger partial charge in [-0.25, -0.2) is 0 Å². The van der Waals surface area contributed by atoms with Gasteiger partial charge in [0.2, 0.25) is 0 Å². The third-order valence-electron chi connectivity index (χ3n) is 5.21. The summed E-state index contributed by atoms with van der Waals surface area (Å²) in [6.45, 7) is 4.47. The summed E-state index contributed by atoms with van der Waals surface area (Å²) < 4.78 is 0. The average Bonchev–Trinajstić information content (AvgIpc) is 2.62. The highest BCUT2D eigenvalue weighted by Crippen LogP contribution is 2.26. The summed E-state index contributed by atoms with van der Waals surface area (Å²) in [4.78, 5) is 0.420. The van der Waals surface area contributed by atoms with Gasteiger partial charge in [-0.1, -0.05) is 117 Å². The Morgan fingerprint density at radius 2 is 1.28 bits per heavy atom. The number of hydrogen-bond acceptors (Lipinski definition) is 0. The first kappa shape index (κ1) is 20.5. The first-order chi connectivity index (χ1) is 12.2. The summed E-state index contributed by atoms with van der Waals surface area (Å²) in [6, 6.07) is 13.8. The largest absolute Gasteiger partial charge is 0.0842 e. The second-order valence-corrected chi connectivity index (χ2v) is 8.86. The monoisotopic (exact) mass is 402 g/mol. The highest BCUT2D eigenvalue weighted by molar-refractivity contribution is 9.09. The average molecular weight is 403 g/mol. The zero-order chi connectivity index (χ0) is 17.9. The Morgan fingerprint density at radius 3 is 1.92 bits per heavy atom. The van der Waals surface area contributed by atoms with Gasteiger partial charge in [0.1, 0.15) is 0 Å². The Kier molecular flexibility index (Phi) is 9.61. The van der Waals surface area contributed by atoms with Gasteiger partial charge in [-0.2, -0.15) is 0 Å². The number of alkyl halides is 1. The van der Waals surface area contributed by atoms with Crippen molar-refractivity contribution in [1.29, 1.82) is 0 Å². The third-order valence-corrected chi connectivity index (χ3v) is 5.74. The van der Waals surface area contributed by atoms with Gasteiger partial charge in [0.25, 0.3) is 0 Å². The molecule has 0 heterocycles. The molecular formula is C24H35Br. The normalized spacial score (nSPS) is 12.6. The van der Waals surface area contributed by atoms with E-state index in [1.807, 2.05) is 0 Å². The van der Waals surface area contributed by atoms with Crippen molar-refractivity contribution in [2.45, 2.75) is 89.3 Å². The maximum absolute atomic E-state index is 3.66. The van der Waals surface area contributed by atoms with Gasteiger partial charge in [0.15, 0.2) is 0 Å². The Labute approximate surface area is 163 Å². The lowest BCUT2D eigenvalue weighted by Crippen LogP contribution is -1.88. The molecule has 0 aromatic heterocycles. The molecule has 0 spiro atoms. The Hall–Kier alpha value is -0.820. The molecule has 0 saturated carbocycles. The number of benzene rings is 2. The molecule has 1 heteroatoms. The van der Waals surface area contributed by atoms with E-state index in [2.05, 4.69) is 66.2 Å². The van der Waals surface area contributed by atoms with E-state index in [1.54, 1.807) is 0 Å². The number of aryl methyl sites for hydroxylation is 1. The Balaban J connectivity index is 1.65. The summed E-state index contributed by atoms with van der Waals surface area (Å²) in [5.41, 5.74) is 2.85. The molecule has 0 saturated heterocycles. The number of rotatable bonds is 12. The fraction of sp³-hybridized carbons (Fsp3) is 0.583. The van der Waals surface area contributed by atoms with Crippen molar-refractivity contribution in [3.05, 3.63) is 47.5 Å². The third kappa shape index (κ3) is 7.52. The van der Waals surface area contributed by atoms with Crippen LogP contribution in [0.1, 0.15) is 94.0 Å². The fourth-order valence-electron chi connectivity index (χ4n) is 3.53. The van der Waals surface area contributed by atoms with Gasteiger partial charge in [-0.3, -0.25) is 0 Å². The zero-order valence-corrected chi connectivity index (χ0v) is 17.8. The van der Waals surface area contributed by atoms with Crippen LogP contribution in [0.15, 0.2) is 36.4 Å². The topological polar surface area (TPSA) is 0 Å². The van der Waals surface area contributed by atoms with Gasteiger partial charge in [0.05, 0.1) is 0 Å². The minimum Gasteiger partial charge on any atom is -0.0842 e. The highest BCUT2D eigenvalue weighted by atomic mass is 79.9. The van der Waals surface area contributed by atoms with E-state index in [9.17, 15) is 0 Å². The van der Waals surface area contributed by atoms with Crippen LogP contribution in [0.4, 0.5) is 0 Å². The molecule has 1 atom stereocenters. The first-order valence-corrected chi connectivity index (χ1v) is 11.3. The summed E-state index contributed by atoms with van der Waals surface area (Å²) in [6.07, 6.45) is 15.3. The molecule has 0 aliphatic heterocycles. The van der Waals surface area contributed by atoms with Crippen molar-refractivity contribution in [2.75, 3.05) is 0 Å². The van der Waals surface area contributed by atoms with Crippen molar-refractivity contribution < 1.29 is 0 Å². The predicted octanol–water partition coefficient (Wildman–Crippen LogP) is 8.76. The summed E-state index contributed by atoms with van der Waals surface area (Å²) in [5.74, 6) is 0. The molecule has 0 N–H and O–H groups in total. The molecule has 2 aromatic carbocycles. The summed E-state index contributed by atoms with van der Waals surface area (Å²) >= 11 is 3.66. The quantitative estimate of drug-likeness (QED) is 0.245. The van der Waals surface area contributed by atoms with Crippen LogP contribution in [0.3, 0.4) is 0 Å². The molecule has 0 radical (unpaired) electrons. The summed E-state index contributed by atoms with van der Waals surface area (Å²) in [5, 5.41) is 2.73. The van der Waals surface area contributed by atoms with Crippen LogP contribution in [0.5, 0.6) is 0 Å². The maximum atomic E-state index is 3.66. The van der Waals surface area contributed by atoms with Crippen molar-refractivity contribution in [3.8, 4) is 0 Å². The van der Waals surface area contributed by atoms with Crippen molar-refractivity contribution in [2.24, 2.45) is 0 Å². The van der Waals surface area contributed by atoms with E-state index in [1.165, 1.54) is 92.5 Å². The van der Waals surface area contributed by atoms with Crippen LogP contribution in [-0.2, 0) is 6.42 Å². The number of unbranched alkanes of at least 4 members (excludes halogenated alkanes) is 9. The van der Waals surface area contributed by atoms with Gasteiger partial charge < -0.3 is 0 Å². The lowest BCUT2D eigenvalue weighted by Gasteiger charge is -2.08. The second-order valence-electron chi connectivity index (χ2n) is 7.49. The van der Waals surface area contributed by atoms with Gasteiger partial charge in [0, 0.05) is 4.83 Å². The molecule has 0 amide bonds. The highest BCUT2D eigenvalue weighted by Gasteiger charge is 2.03. The van der Waals surface area contributed by atoms with Gasteiger partial charge in [-0.05, 0) is 41.7 Å². The Morgan fingerprint density at radius 1 is 0.720 bits per heavy atom. The van der Waals surface area contributed by atoms with E-state index < -0.39 is 0 Å². The van der Waals surface area contributed by atoms with Crippen LogP contribution in [0.2, 0.25) is 0 Å². The minimum absolute atomic E-state index is 0.420. The van der Waals surface area contributed by atoms with Crippen LogP contribution in [0, 0.1) is 0 Å². The summed E-state index contributed by atoms with van der Waals surface area (Å²) in [7, 11) is 0. The molecule has 0 bridgehead atoms. The van der Waals surface area contributed by atoms with Crippen LogP contribution < -0.4 is 0 Å². The van der Waals surface area contributed by atoms with Crippen molar-refractivity contribution in [3.63, 3.8) is 0 Å². The van der Waals surface area contributed by atoms with E-state index in [4.69, 9.17) is 0 Å². The lowest BCUT2D eigenvalue weighted by molar-refractivity contribution is 0.556. The first-order valence-electron chi connectivity index (χ1n) is 10.4. The molecule has 2 rings (SSSR count). The minimum atomic E-state index is 0.420. The zero-order valence-electron chi connectivity index (χ0n) is 16.2. The SMILES string of the molecule is CCCCCCCCCCCCc1ccc2cc(C(C)Br)ccc2c1. The van der Waals surface area contributed by atoms with Crippen LogP contribution in [-0.4, -0.2) is 0 Å². The van der Waals surface area contributed by atoms with E-state index >= 15 is 0 Å². The molecule has 25 heavy (non-hydrogen) atoms. The molecule has 0 aliphatic carbocycles. The van der Waals surface area contributed by atoms with Gasteiger partial charge in [-0.15, -0.1) is 0 Å². The number of hydrogen-bond donors (Lipinski definition) is 0. The van der Waals surface area contributed by atoms with E-state index in [0.717, 1.165) is 0 Å². The smallest absolute Gasteiger partial charge is 0.0367 e. The maximum Gasteiger partial charge on any atom is 0.0367 e. The molecule has 2 aromatic rings. The molecular weight excluding hydrogens is 368 g/mol. The molecule has 0 fully saturated rings. The predicted molar refractivity (Wildman–Crippen MR) is 117 cm³/mol. The fourth-order valence-corrected chi connectivity index (χ4v) is 3.82. The molecule has 138 valence electrons. The van der Waals surface area contributed by atoms with Crippen molar-refractivity contribution in [1.82, 2.24) is 0 Å². The number of halogens is 1. The molecule has 1 unspecified atom stereocenters. The Bertz CT molecular complexity index is 615. The van der Waals surface area contributed by atoms with Crippen LogP contribution in [0.25, 0.3) is 10.8 Å². The van der Waals surface area contributed by atoms with Crippen molar-refractivity contribution >= 4 is 26.7 Å². The van der Waals surface area contributed by atoms with Crippen LogP contribution >= 0.6 is 15.9 Å². The lowest BCUT2D eigenvalue weighted by atomic mass is 9.99. The molecule has 0 aliphatic rings. The van der Waals surface area contributed by atoms with E-state index in [-0.39, 0.29) is 0 Å². The van der Waals surface area contributed by atoms with Gasteiger partial charge >= 0.3 is 0 Å². The number of fused-ring (bicyclic) bond motifs is 1. The molecule has 0 nitrogen and oxygen atoms in total.